The minimum absolute atomic E-state index is 0.213. The molecule has 4 nitrogen and oxygen atoms in total. The standard InChI is InChI=1S/C13H19BrN2O2S/c14-13-6-2-1-5-12(13)9-16-19(17,18)10-11-4-3-7-15-8-11/h1-2,5-6,11,15-16H,3-4,7-10H2. The predicted molar refractivity (Wildman–Crippen MR) is 80.4 cm³/mol. The van der Waals surface area contributed by atoms with Gasteiger partial charge in [0.2, 0.25) is 10.0 Å². The molecule has 1 saturated heterocycles. The van der Waals surface area contributed by atoms with Gasteiger partial charge in [-0.15, -0.1) is 0 Å². The average molecular weight is 347 g/mol. The maximum Gasteiger partial charge on any atom is 0.212 e. The highest BCUT2D eigenvalue weighted by Crippen LogP contribution is 2.16. The topological polar surface area (TPSA) is 58.2 Å². The third kappa shape index (κ3) is 4.87. The van der Waals surface area contributed by atoms with Gasteiger partial charge in [0.1, 0.15) is 0 Å². The Morgan fingerprint density at radius 1 is 1.37 bits per heavy atom. The molecule has 1 aliphatic rings. The fourth-order valence-electron chi connectivity index (χ4n) is 2.26. The summed E-state index contributed by atoms with van der Waals surface area (Å²) in [6, 6.07) is 7.64. The molecule has 1 heterocycles. The van der Waals surface area contributed by atoms with Crippen molar-refractivity contribution in [2.24, 2.45) is 5.92 Å². The molecule has 1 unspecified atom stereocenters. The first-order valence-corrected chi connectivity index (χ1v) is 8.93. The Balaban J connectivity index is 1.88. The summed E-state index contributed by atoms with van der Waals surface area (Å²) in [4.78, 5) is 0. The van der Waals surface area contributed by atoms with Gasteiger partial charge in [0.25, 0.3) is 0 Å². The van der Waals surface area contributed by atoms with Crippen LogP contribution in [-0.2, 0) is 16.6 Å². The van der Waals surface area contributed by atoms with E-state index in [1.807, 2.05) is 24.3 Å². The summed E-state index contributed by atoms with van der Waals surface area (Å²) in [5.41, 5.74) is 0.952. The van der Waals surface area contributed by atoms with E-state index in [1.54, 1.807) is 0 Å². The lowest BCUT2D eigenvalue weighted by Crippen LogP contribution is -2.37. The van der Waals surface area contributed by atoms with Crippen LogP contribution in [0.3, 0.4) is 0 Å². The molecule has 106 valence electrons. The number of halogens is 1. The van der Waals surface area contributed by atoms with Gasteiger partial charge in [0.15, 0.2) is 0 Å². The van der Waals surface area contributed by atoms with Crippen molar-refractivity contribution in [2.75, 3.05) is 18.8 Å². The number of rotatable bonds is 5. The van der Waals surface area contributed by atoms with Crippen LogP contribution in [0.5, 0.6) is 0 Å². The van der Waals surface area contributed by atoms with E-state index in [9.17, 15) is 8.42 Å². The number of sulfonamides is 1. The van der Waals surface area contributed by atoms with E-state index in [1.165, 1.54) is 0 Å². The van der Waals surface area contributed by atoms with Crippen LogP contribution in [0.25, 0.3) is 0 Å². The van der Waals surface area contributed by atoms with Crippen LogP contribution in [0.2, 0.25) is 0 Å². The molecular formula is C13H19BrN2O2S. The molecule has 1 aliphatic heterocycles. The van der Waals surface area contributed by atoms with Gasteiger partial charge in [-0.3, -0.25) is 0 Å². The summed E-state index contributed by atoms with van der Waals surface area (Å²) in [6.07, 6.45) is 2.05. The van der Waals surface area contributed by atoms with Gasteiger partial charge in [-0.1, -0.05) is 34.1 Å². The zero-order chi connectivity index (χ0) is 13.7. The molecule has 0 aliphatic carbocycles. The normalized spacial score (nSPS) is 20.4. The first-order valence-electron chi connectivity index (χ1n) is 6.48. The molecule has 0 saturated carbocycles. The van der Waals surface area contributed by atoms with Gasteiger partial charge in [0.05, 0.1) is 5.75 Å². The monoisotopic (exact) mass is 346 g/mol. The fraction of sp³-hybridized carbons (Fsp3) is 0.538. The van der Waals surface area contributed by atoms with Crippen molar-refractivity contribution in [1.29, 1.82) is 0 Å². The van der Waals surface area contributed by atoms with Crippen molar-refractivity contribution in [3.8, 4) is 0 Å². The molecule has 0 radical (unpaired) electrons. The second-order valence-corrected chi connectivity index (χ2v) is 7.61. The second-order valence-electron chi connectivity index (χ2n) is 4.91. The smallest absolute Gasteiger partial charge is 0.212 e. The molecule has 2 N–H and O–H groups in total. The van der Waals surface area contributed by atoms with E-state index >= 15 is 0 Å². The van der Waals surface area contributed by atoms with E-state index in [-0.39, 0.29) is 11.7 Å². The van der Waals surface area contributed by atoms with Gasteiger partial charge in [-0.25, -0.2) is 13.1 Å². The minimum atomic E-state index is -3.21. The second kappa shape index (κ2) is 6.83. The number of benzene rings is 1. The lowest BCUT2D eigenvalue weighted by atomic mass is 10.0. The van der Waals surface area contributed by atoms with Crippen LogP contribution >= 0.6 is 15.9 Å². The van der Waals surface area contributed by atoms with Crippen LogP contribution in [0, 0.1) is 5.92 Å². The summed E-state index contributed by atoms with van der Waals surface area (Å²) >= 11 is 3.42. The number of nitrogens with one attached hydrogen (secondary N) is 2. The van der Waals surface area contributed by atoms with Crippen molar-refractivity contribution in [3.05, 3.63) is 34.3 Å². The SMILES string of the molecule is O=S(=O)(CC1CCCNC1)NCc1ccccc1Br. The zero-order valence-corrected chi connectivity index (χ0v) is 13.1. The zero-order valence-electron chi connectivity index (χ0n) is 10.7. The minimum Gasteiger partial charge on any atom is -0.316 e. The Hall–Kier alpha value is -0.430. The Bertz CT molecular complexity index is 513. The third-order valence-corrected chi connectivity index (χ3v) is 5.56. The molecule has 6 heteroatoms. The van der Waals surface area contributed by atoms with E-state index in [0.717, 1.165) is 36.0 Å². The Morgan fingerprint density at radius 2 is 2.16 bits per heavy atom. The van der Waals surface area contributed by atoms with Crippen molar-refractivity contribution < 1.29 is 8.42 Å². The van der Waals surface area contributed by atoms with Gasteiger partial charge >= 0.3 is 0 Å². The quantitative estimate of drug-likeness (QED) is 0.855. The van der Waals surface area contributed by atoms with Crippen molar-refractivity contribution in [3.63, 3.8) is 0 Å². The lowest BCUT2D eigenvalue weighted by molar-refractivity contribution is 0.402. The molecule has 0 aromatic heterocycles. The van der Waals surface area contributed by atoms with Crippen molar-refractivity contribution >= 4 is 26.0 Å². The maximum atomic E-state index is 12.0. The summed E-state index contributed by atoms with van der Waals surface area (Å²) in [6.45, 7) is 2.14. The fourth-order valence-corrected chi connectivity index (χ4v) is 4.09. The van der Waals surface area contributed by atoms with E-state index < -0.39 is 10.0 Å². The Labute approximate surface area is 123 Å². The molecule has 2 rings (SSSR count). The summed E-state index contributed by atoms with van der Waals surface area (Å²) < 4.78 is 27.7. The van der Waals surface area contributed by atoms with Crippen LogP contribution in [0.1, 0.15) is 18.4 Å². The molecule has 1 atom stereocenters. The van der Waals surface area contributed by atoms with Gasteiger partial charge in [-0.05, 0) is 43.5 Å². The number of hydrogen-bond donors (Lipinski definition) is 2. The maximum absolute atomic E-state index is 12.0. The summed E-state index contributed by atoms with van der Waals surface area (Å²) in [7, 11) is -3.21. The highest BCUT2D eigenvalue weighted by molar-refractivity contribution is 9.10. The Kier molecular flexibility index (Phi) is 5.38. The lowest BCUT2D eigenvalue weighted by Gasteiger charge is -2.22. The number of hydrogen-bond acceptors (Lipinski definition) is 3. The van der Waals surface area contributed by atoms with Crippen molar-refractivity contribution in [2.45, 2.75) is 19.4 Å². The molecule has 0 spiro atoms. The van der Waals surface area contributed by atoms with Crippen LogP contribution in [0.4, 0.5) is 0 Å². The van der Waals surface area contributed by atoms with E-state index in [0.29, 0.717) is 6.54 Å². The molecule has 19 heavy (non-hydrogen) atoms. The molecule has 0 bridgehead atoms. The molecule has 1 aromatic carbocycles. The summed E-state index contributed by atoms with van der Waals surface area (Å²) in [5, 5.41) is 3.24. The molecular weight excluding hydrogens is 328 g/mol. The van der Waals surface area contributed by atoms with Crippen molar-refractivity contribution in [1.82, 2.24) is 10.0 Å². The van der Waals surface area contributed by atoms with E-state index in [2.05, 4.69) is 26.0 Å². The average Bonchev–Trinajstić information content (AvgIpc) is 2.38. The van der Waals surface area contributed by atoms with Gasteiger partial charge < -0.3 is 5.32 Å². The first-order chi connectivity index (χ1) is 9.07. The molecule has 1 fully saturated rings. The van der Waals surface area contributed by atoms with Gasteiger partial charge in [-0.2, -0.15) is 0 Å². The number of piperidine rings is 1. The van der Waals surface area contributed by atoms with Crippen LogP contribution in [0.15, 0.2) is 28.7 Å². The molecule has 0 amide bonds. The van der Waals surface area contributed by atoms with Crippen LogP contribution < -0.4 is 10.0 Å². The molecule has 1 aromatic rings. The van der Waals surface area contributed by atoms with Crippen LogP contribution in [-0.4, -0.2) is 27.3 Å². The third-order valence-electron chi connectivity index (χ3n) is 3.29. The highest BCUT2D eigenvalue weighted by atomic mass is 79.9. The van der Waals surface area contributed by atoms with E-state index in [4.69, 9.17) is 0 Å². The Morgan fingerprint density at radius 3 is 2.84 bits per heavy atom. The highest BCUT2D eigenvalue weighted by Gasteiger charge is 2.20. The predicted octanol–water partition coefficient (Wildman–Crippen LogP) is 1.87. The first kappa shape index (κ1) is 15.0. The summed E-state index contributed by atoms with van der Waals surface area (Å²) in [5.74, 6) is 0.440. The largest absolute Gasteiger partial charge is 0.316 e. The van der Waals surface area contributed by atoms with Gasteiger partial charge in [0, 0.05) is 11.0 Å².